The van der Waals surface area contributed by atoms with Gasteiger partial charge in [0.25, 0.3) is 5.69 Å². The van der Waals surface area contributed by atoms with E-state index in [1.165, 1.54) is 11.1 Å². The average molecular weight is 500 g/mol. The number of aliphatic carboxylic acids is 1. The van der Waals surface area contributed by atoms with Crippen LogP contribution in [-0.2, 0) is 29.1 Å². The number of hydrogen-bond acceptors (Lipinski definition) is 5. The zero-order valence-electron chi connectivity index (χ0n) is 20.5. The Kier molecular flexibility index (Phi) is 6.90. The minimum absolute atomic E-state index is 0.00486. The van der Waals surface area contributed by atoms with Gasteiger partial charge in [-0.1, -0.05) is 48.5 Å². The van der Waals surface area contributed by atoms with Gasteiger partial charge in [-0.05, 0) is 59.2 Å². The maximum atomic E-state index is 12.7. The van der Waals surface area contributed by atoms with Crippen molar-refractivity contribution >= 4 is 23.3 Å². The first-order valence-electron chi connectivity index (χ1n) is 12.6. The lowest BCUT2D eigenvalue weighted by molar-refractivity contribution is -0.384. The molecule has 8 nitrogen and oxygen atoms in total. The second kappa shape index (κ2) is 10.4. The molecule has 190 valence electrons. The van der Waals surface area contributed by atoms with Crippen molar-refractivity contribution in [2.24, 2.45) is 5.92 Å². The lowest BCUT2D eigenvalue weighted by Gasteiger charge is -2.30. The third-order valence-corrected chi connectivity index (χ3v) is 7.11. The lowest BCUT2D eigenvalue weighted by atomic mass is 9.98. The zero-order valence-corrected chi connectivity index (χ0v) is 20.5. The van der Waals surface area contributed by atoms with Crippen molar-refractivity contribution < 1.29 is 19.6 Å². The number of rotatable bonds is 9. The Labute approximate surface area is 215 Å². The van der Waals surface area contributed by atoms with Crippen molar-refractivity contribution in [3.05, 3.63) is 93.5 Å². The molecule has 0 atom stereocenters. The van der Waals surface area contributed by atoms with Gasteiger partial charge in [0.2, 0.25) is 5.91 Å². The molecule has 3 aromatic carbocycles. The summed E-state index contributed by atoms with van der Waals surface area (Å²) in [6.45, 7) is 1.82. The number of carboxylic acid groups (broad SMARTS) is 1. The van der Waals surface area contributed by atoms with Crippen LogP contribution in [0.15, 0.2) is 66.7 Å². The number of carbonyl (C=O) groups excluding carboxylic acids is 1. The van der Waals surface area contributed by atoms with Crippen molar-refractivity contribution in [1.82, 2.24) is 4.90 Å². The maximum Gasteiger partial charge on any atom is 0.305 e. The van der Waals surface area contributed by atoms with Crippen LogP contribution in [0.1, 0.15) is 36.0 Å². The van der Waals surface area contributed by atoms with Crippen LogP contribution < -0.4 is 4.90 Å². The predicted molar refractivity (Wildman–Crippen MR) is 140 cm³/mol. The van der Waals surface area contributed by atoms with Crippen LogP contribution in [0.5, 0.6) is 0 Å². The summed E-state index contributed by atoms with van der Waals surface area (Å²) in [5, 5.41) is 21.2. The Morgan fingerprint density at radius 3 is 2.49 bits per heavy atom. The monoisotopic (exact) mass is 499 g/mol. The fourth-order valence-electron chi connectivity index (χ4n) is 4.97. The molecule has 0 saturated heterocycles. The minimum Gasteiger partial charge on any atom is -0.481 e. The molecular formula is C29H29N3O5. The van der Waals surface area contributed by atoms with Crippen molar-refractivity contribution in [3.8, 4) is 11.1 Å². The zero-order chi connectivity index (χ0) is 25.9. The third kappa shape index (κ3) is 5.63. The molecule has 37 heavy (non-hydrogen) atoms. The van der Waals surface area contributed by atoms with E-state index >= 15 is 0 Å². The molecule has 2 aliphatic rings. The summed E-state index contributed by atoms with van der Waals surface area (Å²) in [5.74, 6) is -0.949. The van der Waals surface area contributed by atoms with Gasteiger partial charge < -0.3 is 14.9 Å². The number of carbonyl (C=O) groups is 2. The molecular weight excluding hydrogens is 470 g/mol. The van der Waals surface area contributed by atoms with E-state index in [4.69, 9.17) is 5.11 Å². The van der Waals surface area contributed by atoms with Crippen LogP contribution in [0, 0.1) is 16.0 Å². The summed E-state index contributed by atoms with van der Waals surface area (Å²) >= 11 is 0. The smallest absolute Gasteiger partial charge is 0.305 e. The van der Waals surface area contributed by atoms with Gasteiger partial charge in [0.15, 0.2) is 0 Å². The normalized spacial score (nSPS) is 14.6. The number of amides is 1. The van der Waals surface area contributed by atoms with E-state index in [0.717, 1.165) is 36.0 Å². The van der Waals surface area contributed by atoms with Gasteiger partial charge in [-0.15, -0.1) is 0 Å². The largest absolute Gasteiger partial charge is 0.481 e. The first-order valence-corrected chi connectivity index (χ1v) is 12.6. The van der Waals surface area contributed by atoms with Crippen LogP contribution >= 0.6 is 0 Å². The molecule has 8 heteroatoms. The fraction of sp³-hybridized carbons (Fsp3) is 0.310. The molecule has 0 spiro atoms. The van der Waals surface area contributed by atoms with E-state index < -0.39 is 5.97 Å². The molecule has 3 aromatic rings. The summed E-state index contributed by atoms with van der Waals surface area (Å²) in [5.41, 5.74) is 5.54. The number of fused-ring (bicyclic) bond motifs is 1. The minimum atomic E-state index is -0.938. The fourth-order valence-corrected chi connectivity index (χ4v) is 4.97. The SMILES string of the molecule is O=C(O)CCN(Cc1cccc(-c2ccc(N3CCc4ccccc4C3)c([N+](=O)[O-])c2)c1)C(=O)C1CC1. The first-order chi connectivity index (χ1) is 17.9. The molecule has 1 amide bonds. The van der Waals surface area contributed by atoms with Crippen molar-refractivity contribution in [2.45, 2.75) is 38.8 Å². The molecule has 1 fully saturated rings. The molecule has 1 heterocycles. The summed E-state index contributed by atoms with van der Waals surface area (Å²) in [4.78, 5) is 39.2. The van der Waals surface area contributed by atoms with Gasteiger partial charge in [0.05, 0.1) is 11.3 Å². The highest BCUT2D eigenvalue weighted by molar-refractivity contribution is 5.81. The highest BCUT2D eigenvalue weighted by atomic mass is 16.6. The van der Waals surface area contributed by atoms with Crippen LogP contribution in [0.2, 0.25) is 0 Å². The highest BCUT2D eigenvalue weighted by Crippen LogP contribution is 2.36. The van der Waals surface area contributed by atoms with E-state index in [1.807, 2.05) is 48.5 Å². The van der Waals surface area contributed by atoms with E-state index in [1.54, 1.807) is 11.0 Å². The topological polar surface area (TPSA) is 104 Å². The molecule has 0 bridgehead atoms. The number of nitrogens with zero attached hydrogens (tertiary/aromatic N) is 3. The Morgan fingerprint density at radius 2 is 1.76 bits per heavy atom. The molecule has 1 N–H and O–H groups in total. The predicted octanol–water partition coefficient (Wildman–Crippen LogP) is 5.04. The molecule has 5 rings (SSSR count). The first kappa shape index (κ1) is 24.5. The van der Waals surface area contributed by atoms with Gasteiger partial charge >= 0.3 is 5.97 Å². The number of hydrogen-bond donors (Lipinski definition) is 1. The summed E-state index contributed by atoms with van der Waals surface area (Å²) in [7, 11) is 0. The van der Waals surface area contributed by atoms with Crippen molar-refractivity contribution in [3.63, 3.8) is 0 Å². The van der Waals surface area contributed by atoms with Crippen LogP contribution in [0.4, 0.5) is 11.4 Å². The van der Waals surface area contributed by atoms with Gasteiger partial charge in [0.1, 0.15) is 5.69 Å². The Morgan fingerprint density at radius 1 is 1.00 bits per heavy atom. The van der Waals surface area contributed by atoms with E-state index in [9.17, 15) is 19.7 Å². The van der Waals surface area contributed by atoms with Gasteiger partial charge in [0, 0.05) is 38.2 Å². The van der Waals surface area contributed by atoms with Crippen LogP contribution in [-0.4, -0.2) is 39.9 Å². The van der Waals surface area contributed by atoms with Gasteiger partial charge in [-0.3, -0.25) is 19.7 Å². The number of nitro groups is 1. The maximum absolute atomic E-state index is 12.7. The third-order valence-electron chi connectivity index (χ3n) is 7.11. The van der Waals surface area contributed by atoms with E-state index in [-0.39, 0.29) is 35.4 Å². The second-order valence-electron chi connectivity index (χ2n) is 9.78. The van der Waals surface area contributed by atoms with Crippen molar-refractivity contribution in [1.29, 1.82) is 0 Å². The Bertz CT molecular complexity index is 1350. The average Bonchev–Trinajstić information content (AvgIpc) is 3.76. The summed E-state index contributed by atoms with van der Waals surface area (Å²) < 4.78 is 0. The summed E-state index contributed by atoms with van der Waals surface area (Å²) in [6.07, 6.45) is 2.43. The van der Waals surface area contributed by atoms with Crippen molar-refractivity contribution in [2.75, 3.05) is 18.0 Å². The van der Waals surface area contributed by atoms with E-state index in [0.29, 0.717) is 25.3 Å². The number of benzene rings is 3. The molecule has 1 saturated carbocycles. The quantitative estimate of drug-likeness (QED) is 0.327. The Hall–Kier alpha value is -4.20. The van der Waals surface area contributed by atoms with Gasteiger partial charge in [-0.2, -0.15) is 0 Å². The number of anilines is 1. The lowest BCUT2D eigenvalue weighted by Crippen LogP contribution is -2.33. The number of carboxylic acids is 1. The highest BCUT2D eigenvalue weighted by Gasteiger charge is 2.33. The number of nitro benzene ring substituents is 1. The van der Waals surface area contributed by atoms with Crippen LogP contribution in [0.3, 0.4) is 0 Å². The molecule has 0 radical (unpaired) electrons. The molecule has 0 aromatic heterocycles. The second-order valence-corrected chi connectivity index (χ2v) is 9.78. The van der Waals surface area contributed by atoms with E-state index in [2.05, 4.69) is 17.0 Å². The van der Waals surface area contributed by atoms with Crippen LogP contribution in [0.25, 0.3) is 11.1 Å². The summed E-state index contributed by atoms with van der Waals surface area (Å²) in [6, 6.07) is 21.1. The Balaban J connectivity index is 1.39. The standard InChI is InChI=1S/C29H29N3O5/c33-28(34)13-15-31(29(35)22-8-9-22)18-20-4-3-7-23(16-20)24-10-11-26(27(17-24)32(36)37)30-14-12-21-5-1-2-6-25(21)19-30/h1-7,10-11,16-17,22H,8-9,12-15,18-19H2,(H,33,34). The molecule has 0 unspecified atom stereocenters. The van der Waals surface area contributed by atoms with Gasteiger partial charge in [-0.25, -0.2) is 0 Å². The molecule has 1 aliphatic carbocycles. The molecule has 1 aliphatic heterocycles.